The van der Waals surface area contributed by atoms with Crippen LogP contribution in [-0.4, -0.2) is 75.6 Å². The van der Waals surface area contributed by atoms with Gasteiger partial charge in [-0.05, 0) is 18.8 Å². The number of phenolic OH excluding ortho intramolecular Hbond substituents is 1. The van der Waals surface area contributed by atoms with E-state index in [4.69, 9.17) is 38.4 Å². The lowest BCUT2D eigenvalue weighted by Gasteiger charge is -2.51. The van der Waals surface area contributed by atoms with Crippen molar-refractivity contribution in [2.45, 2.75) is 28.5 Å². The van der Waals surface area contributed by atoms with Crippen LogP contribution >= 0.6 is 23.2 Å². The summed E-state index contributed by atoms with van der Waals surface area (Å²) < 4.78 is 11.0. The van der Waals surface area contributed by atoms with Crippen LogP contribution in [0.15, 0.2) is 23.8 Å². The number of fused-ring (bicyclic) bond motifs is 4. The quantitative estimate of drug-likeness (QED) is 0.325. The van der Waals surface area contributed by atoms with E-state index in [1.165, 1.54) is 33.4 Å². The number of likely N-dealkylation sites (tertiary alicyclic amines) is 2. The number of rotatable bonds is 3. The fraction of sp³-hybridized carbons (Fsp3) is 0.458. The summed E-state index contributed by atoms with van der Waals surface area (Å²) in [5, 5.41) is 10.2. The standard InChI is InChI=1S/C24H23Cl2N3O8/c1-28-20(33)23(25)8-12-10(4-5-11-15(12)19(32)29(18(11)31)22(27)35)17(24(23,26)21(28)34)16-13(36-2)6-9(30)7-14(16)37-3/h4,6-7,11-12,15,17,30H,5,8H2,1-3H3,(H2,27,35). The molecule has 3 N–H and O–H groups in total. The average Bonchev–Trinajstić information content (AvgIpc) is 3.19. The molecule has 13 heteroatoms. The number of hydrogen-bond donors (Lipinski definition) is 2. The number of primary amides is 1. The van der Waals surface area contributed by atoms with Gasteiger partial charge in [-0.2, -0.15) is 4.90 Å². The zero-order chi connectivity index (χ0) is 27.2. The Bertz CT molecular complexity index is 1310. The zero-order valence-corrected chi connectivity index (χ0v) is 21.5. The molecule has 0 bridgehead atoms. The maximum absolute atomic E-state index is 13.6. The van der Waals surface area contributed by atoms with Crippen LogP contribution in [0.2, 0.25) is 0 Å². The number of amides is 6. The number of halogens is 2. The Hall–Kier alpha value is -3.31. The van der Waals surface area contributed by atoms with E-state index in [0.717, 1.165) is 4.90 Å². The second-order valence-electron chi connectivity index (χ2n) is 9.61. The summed E-state index contributed by atoms with van der Waals surface area (Å²) in [6, 6.07) is 1.40. The van der Waals surface area contributed by atoms with E-state index in [0.29, 0.717) is 10.5 Å². The van der Waals surface area contributed by atoms with Crippen molar-refractivity contribution in [2.24, 2.45) is 23.5 Å². The topological polar surface area (TPSA) is 157 Å². The highest BCUT2D eigenvalue weighted by Crippen LogP contribution is 2.67. The second kappa shape index (κ2) is 8.09. The van der Waals surface area contributed by atoms with Gasteiger partial charge in [-0.25, -0.2) is 4.79 Å². The first-order valence-corrected chi connectivity index (χ1v) is 12.1. The molecule has 6 atom stereocenters. The van der Waals surface area contributed by atoms with E-state index < -0.39 is 63.1 Å². The molecule has 6 amide bonds. The van der Waals surface area contributed by atoms with Crippen LogP contribution in [0.5, 0.6) is 17.2 Å². The molecule has 5 rings (SSSR count). The van der Waals surface area contributed by atoms with Gasteiger partial charge in [-0.15, -0.1) is 23.2 Å². The number of aromatic hydroxyl groups is 1. The molecule has 2 aliphatic heterocycles. The van der Waals surface area contributed by atoms with E-state index in [1.807, 2.05) is 0 Å². The average molecular weight is 552 g/mol. The predicted molar refractivity (Wildman–Crippen MR) is 128 cm³/mol. The molecule has 1 aromatic carbocycles. The number of urea groups is 1. The Morgan fingerprint density at radius 3 is 2.19 bits per heavy atom. The molecule has 0 spiro atoms. The Labute approximate surface area is 221 Å². The molecular weight excluding hydrogens is 529 g/mol. The predicted octanol–water partition coefficient (Wildman–Crippen LogP) is 1.48. The first kappa shape index (κ1) is 25.3. The summed E-state index contributed by atoms with van der Waals surface area (Å²) in [6.07, 6.45) is 1.50. The molecule has 4 aliphatic rings. The number of benzene rings is 1. The lowest BCUT2D eigenvalue weighted by molar-refractivity contribution is -0.139. The first-order chi connectivity index (χ1) is 17.3. The fourth-order valence-corrected chi connectivity index (χ4v) is 7.49. The van der Waals surface area contributed by atoms with Crippen molar-refractivity contribution in [3.05, 3.63) is 29.3 Å². The van der Waals surface area contributed by atoms with Crippen molar-refractivity contribution < 1.29 is 38.6 Å². The molecule has 11 nitrogen and oxygen atoms in total. The van der Waals surface area contributed by atoms with Crippen molar-refractivity contribution in [3.63, 3.8) is 0 Å². The fourth-order valence-electron chi connectivity index (χ4n) is 6.49. The van der Waals surface area contributed by atoms with E-state index >= 15 is 0 Å². The third kappa shape index (κ3) is 2.98. The second-order valence-corrected chi connectivity index (χ2v) is 10.9. The van der Waals surface area contributed by atoms with E-state index in [9.17, 15) is 29.1 Å². The number of carbonyl (C=O) groups is 5. The highest BCUT2D eigenvalue weighted by Gasteiger charge is 2.76. The normalized spacial score (nSPS) is 34.7. The third-order valence-corrected chi connectivity index (χ3v) is 9.47. The van der Waals surface area contributed by atoms with Crippen LogP contribution in [-0.2, 0) is 19.2 Å². The zero-order valence-electron chi connectivity index (χ0n) is 20.0. The van der Waals surface area contributed by atoms with Crippen LogP contribution < -0.4 is 15.2 Å². The van der Waals surface area contributed by atoms with Gasteiger partial charge in [0, 0.05) is 30.7 Å². The van der Waals surface area contributed by atoms with Crippen LogP contribution in [0.25, 0.3) is 0 Å². The van der Waals surface area contributed by atoms with Crippen molar-refractivity contribution in [3.8, 4) is 17.2 Å². The number of imide groups is 4. The van der Waals surface area contributed by atoms with Gasteiger partial charge < -0.3 is 20.3 Å². The van der Waals surface area contributed by atoms with E-state index in [1.54, 1.807) is 6.08 Å². The molecule has 3 fully saturated rings. The summed E-state index contributed by atoms with van der Waals surface area (Å²) in [6.45, 7) is 0. The molecule has 0 aromatic heterocycles. The Balaban J connectivity index is 1.80. The molecule has 6 unspecified atom stereocenters. The molecular formula is C24H23Cl2N3O8. The molecule has 196 valence electrons. The van der Waals surface area contributed by atoms with Gasteiger partial charge in [-0.1, -0.05) is 11.6 Å². The summed E-state index contributed by atoms with van der Waals surface area (Å²) in [4.78, 5) is 62.4. The Morgan fingerprint density at radius 2 is 1.65 bits per heavy atom. The number of nitrogens with zero attached hydrogens (tertiary/aromatic N) is 2. The summed E-state index contributed by atoms with van der Waals surface area (Å²) in [5.74, 6) is -6.99. The monoisotopic (exact) mass is 551 g/mol. The molecule has 1 aromatic rings. The van der Waals surface area contributed by atoms with Crippen molar-refractivity contribution >= 4 is 52.9 Å². The lowest BCUT2D eigenvalue weighted by atomic mass is 9.56. The number of methoxy groups -OCH3 is 2. The summed E-state index contributed by atoms with van der Waals surface area (Å²) >= 11 is 14.2. The van der Waals surface area contributed by atoms with Crippen LogP contribution in [0.3, 0.4) is 0 Å². The summed E-state index contributed by atoms with van der Waals surface area (Å²) in [5.41, 5.74) is 6.02. The largest absolute Gasteiger partial charge is 0.508 e. The number of allylic oxidation sites excluding steroid dienone is 2. The number of alkyl halides is 2. The maximum Gasteiger partial charge on any atom is 0.328 e. The maximum atomic E-state index is 13.6. The van der Waals surface area contributed by atoms with Crippen LogP contribution in [0.1, 0.15) is 24.3 Å². The van der Waals surface area contributed by atoms with Crippen molar-refractivity contribution in [2.75, 3.05) is 21.3 Å². The Morgan fingerprint density at radius 1 is 1.05 bits per heavy atom. The summed E-state index contributed by atoms with van der Waals surface area (Å²) in [7, 11) is 3.95. The minimum Gasteiger partial charge on any atom is -0.508 e. The van der Waals surface area contributed by atoms with Gasteiger partial charge >= 0.3 is 6.03 Å². The number of nitrogens with two attached hydrogens (primary N) is 1. The third-order valence-electron chi connectivity index (χ3n) is 8.05. The molecule has 2 heterocycles. The smallest absolute Gasteiger partial charge is 0.328 e. The molecule has 1 saturated carbocycles. The van der Waals surface area contributed by atoms with Gasteiger partial charge in [0.1, 0.15) is 17.2 Å². The van der Waals surface area contributed by atoms with Gasteiger partial charge in [0.05, 0.1) is 26.1 Å². The number of ether oxygens (including phenoxy) is 2. The SMILES string of the molecule is COc1cc(O)cc(OC)c1C1C2=CCC3C(=O)N(C(N)=O)C(=O)C3C2CC2(Cl)C(=O)N(C)C(=O)C12Cl. The van der Waals surface area contributed by atoms with Gasteiger partial charge in [0.2, 0.25) is 11.8 Å². The number of carbonyl (C=O) groups excluding carboxylic acids is 5. The number of hydrogen-bond acceptors (Lipinski definition) is 8. The molecule has 2 aliphatic carbocycles. The molecule has 37 heavy (non-hydrogen) atoms. The van der Waals surface area contributed by atoms with Gasteiger partial charge in [0.25, 0.3) is 11.8 Å². The minimum absolute atomic E-state index is 0.0598. The van der Waals surface area contributed by atoms with E-state index in [-0.39, 0.29) is 35.7 Å². The molecule has 0 radical (unpaired) electrons. The van der Waals surface area contributed by atoms with Crippen LogP contribution in [0.4, 0.5) is 4.79 Å². The van der Waals surface area contributed by atoms with Crippen molar-refractivity contribution in [1.29, 1.82) is 0 Å². The number of phenols is 1. The van der Waals surface area contributed by atoms with Gasteiger partial charge in [-0.3, -0.25) is 24.1 Å². The van der Waals surface area contributed by atoms with Crippen molar-refractivity contribution in [1.82, 2.24) is 9.80 Å². The van der Waals surface area contributed by atoms with Gasteiger partial charge in [0.15, 0.2) is 9.75 Å². The first-order valence-electron chi connectivity index (χ1n) is 11.4. The molecule has 2 saturated heterocycles. The lowest BCUT2D eigenvalue weighted by Crippen LogP contribution is -2.60. The highest BCUT2D eigenvalue weighted by atomic mass is 35.5. The highest BCUT2D eigenvalue weighted by molar-refractivity contribution is 6.53. The van der Waals surface area contributed by atoms with Crippen LogP contribution in [0, 0.1) is 17.8 Å². The Kier molecular flexibility index (Phi) is 5.54. The van der Waals surface area contributed by atoms with E-state index in [2.05, 4.69) is 0 Å². The minimum atomic E-state index is -2.07.